The number of aromatic nitrogens is 3. The highest BCUT2D eigenvalue weighted by Gasteiger charge is 2.28. The van der Waals surface area contributed by atoms with Crippen molar-refractivity contribution in [1.82, 2.24) is 19.9 Å². The minimum atomic E-state index is 0.0728. The van der Waals surface area contributed by atoms with Crippen molar-refractivity contribution in [2.24, 2.45) is 0 Å². The molecule has 8 heteroatoms. The number of anilines is 1. The maximum Gasteiger partial charge on any atom is 0.150 e. The van der Waals surface area contributed by atoms with Crippen LogP contribution in [0.3, 0.4) is 0 Å². The van der Waals surface area contributed by atoms with Gasteiger partial charge in [0.2, 0.25) is 0 Å². The molecule has 0 spiro atoms. The minimum Gasteiger partial charge on any atom is -0.378 e. The molecule has 2 fully saturated rings. The molecule has 24 heavy (non-hydrogen) atoms. The van der Waals surface area contributed by atoms with Crippen LogP contribution in [0.5, 0.6) is 0 Å². The lowest BCUT2D eigenvalue weighted by Gasteiger charge is -2.34. The molecule has 2 aliphatic rings. The fraction of sp³-hybridized carbons (Fsp3) is 0.562. The summed E-state index contributed by atoms with van der Waals surface area (Å²) < 4.78 is 11.1. The van der Waals surface area contributed by atoms with Gasteiger partial charge in [-0.05, 0) is 6.07 Å². The molecule has 2 aromatic heterocycles. The SMILES string of the molecule is c1cc(N2CCOCC2)nc([C@H]2COCCN2Cc2nccs2)n1. The predicted molar refractivity (Wildman–Crippen MR) is 91.1 cm³/mol. The van der Waals surface area contributed by atoms with Crippen molar-refractivity contribution in [2.75, 3.05) is 51.0 Å². The number of rotatable bonds is 4. The van der Waals surface area contributed by atoms with Crippen LogP contribution in [0.2, 0.25) is 0 Å². The molecule has 0 amide bonds. The van der Waals surface area contributed by atoms with Gasteiger partial charge in [0.25, 0.3) is 0 Å². The van der Waals surface area contributed by atoms with E-state index in [2.05, 4.69) is 19.8 Å². The van der Waals surface area contributed by atoms with Gasteiger partial charge in [0, 0.05) is 37.4 Å². The van der Waals surface area contributed by atoms with E-state index in [1.54, 1.807) is 11.3 Å². The van der Waals surface area contributed by atoms with Crippen molar-refractivity contribution in [3.05, 3.63) is 34.7 Å². The fourth-order valence-corrected chi connectivity index (χ4v) is 3.70. The lowest BCUT2D eigenvalue weighted by Crippen LogP contribution is -2.40. The van der Waals surface area contributed by atoms with Gasteiger partial charge in [-0.15, -0.1) is 11.3 Å². The number of ether oxygens (including phenoxy) is 2. The molecule has 0 aromatic carbocycles. The highest BCUT2D eigenvalue weighted by atomic mass is 32.1. The Balaban J connectivity index is 1.53. The topological polar surface area (TPSA) is 63.6 Å². The minimum absolute atomic E-state index is 0.0728. The van der Waals surface area contributed by atoms with E-state index in [1.165, 1.54) is 0 Å². The monoisotopic (exact) mass is 347 g/mol. The van der Waals surface area contributed by atoms with Gasteiger partial charge in [0.15, 0.2) is 0 Å². The normalized spacial score (nSPS) is 22.7. The number of morpholine rings is 2. The summed E-state index contributed by atoms with van der Waals surface area (Å²) in [6.07, 6.45) is 3.70. The molecular weight excluding hydrogens is 326 g/mol. The molecule has 7 nitrogen and oxygen atoms in total. The Morgan fingerprint density at radius 1 is 1.08 bits per heavy atom. The molecule has 4 rings (SSSR count). The zero-order valence-corrected chi connectivity index (χ0v) is 14.3. The van der Waals surface area contributed by atoms with Crippen molar-refractivity contribution in [3.8, 4) is 0 Å². The van der Waals surface area contributed by atoms with E-state index in [-0.39, 0.29) is 6.04 Å². The average Bonchev–Trinajstić information content (AvgIpc) is 3.16. The summed E-state index contributed by atoms with van der Waals surface area (Å²) in [5.74, 6) is 1.80. The Labute approximate surface area is 145 Å². The van der Waals surface area contributed by atoms with Gasteiger partial charge >= 0.3 is 0 Å². The van der Waals surface area contributed by atoms with Crippen LogP contribution in [0.4, 0.5) is 5.82 Å². The molecular formula is C16H21N5O2S. The zero-order valence-electron chi connectivity index (χ0n) is 13.5. The van der Waals surface area contributed by atoms with Crippen LogP contribution in [0.1, 0.15) is 16.9 Å². The Kier molecular flexibility index (Phi) is 4.98. The number of thiazole rings is 1. The molecule has 2 saturated heterocycles. The second-order valence-corrected chi connectivity index (χ2v) is 6.84. The lowest BCUT2D eigenvalue weighted by molar-refractivity contribution is -0.0159. The summed E-state index contributed by atoms with van der Waals surface area (Å²) in [5.41, 5.74) is 0. The first-order chi connectivity index (χ1) is 11.9. The van der Waals surface area contributed by atoms with Crippen LogP contribution in [0, 0.1) is 0 Å². The molecule has 2 aliphatic heterocycles. The molecule has 2 aromatic rings. The third-order valence-corrected chi connectivity index (χ3v) is 5.12. The first-order valence-corrected chi connectivity index (χ1v) is 9.14. The van der Waals surface area contributed by atoms with Gasteiger partial charge < -0.3 is 14.4 Å². The molecule has 0 N–H and O–H groups in total. The summed E-state index contributed by atoms with van der Waals surface area (Å²) in [6.45, 7) is 6.31. The van der Waals surface area contributed by atoms with Gasteiger partial charge in [-0.3, -0.25) is 4.90 Å². The van der Waals surface area contributed by atoms with Crippen molar-refractivity contribution in [3.63, 3.8) is 0 Å². The van der Waals surface area contributed by atoms with Crippen LogP contribution in [0.15, 0.2) is 23.8 Å². The highest BCUT2D eigenvalue weighted by Crippen LogP contribution is 2.25. The molecule has 1 atom stereocenters. The van der Waals surface area contributed by atoms with Crippen LogP contribution in [0.25, 0.3) is 0 Å². The van der Waals surface area contributed by atoms with E-state index < -0.39 is 0 Å². The van der Waals surface area contributed by atoms with E-state index in [9.17, 15) is 0 Å². The summed E-state index contributed by atoms with van der Waals surface area (Å²) >= 11 is 1.68. The average molecular weight is 347 g/mol. The largest absolute Gasteiger partial charge is 0.378 e. The first kappa shape index (κ1) is 15.9. The molecule has 4 heterocycles. The zero-order chi connectivity index (χ0) is 16.2. The van der Waals surface area contributed by atoms with E-state index >= 15 is 0 Å². The van der Waals surface area contributed by atoms with Crippen LogP contribution in [-0.2, 0) is 16.0 Å². The second kappa shape index (κ2) is 7.52. The number of nitrogens with zero attached hydrogens (tertiary/aromatic N) is 5. The van der Waals surface area contributed by atoms with Crippen molar-refractivity contribution in [2.45, 2.75) is 12.6 Å². The summed E-state index contributed by atoms with van der Waals surface area (Å²) in [4.78, 5) is 18.4. The van der Waals surface area contributed by atoms with E-state index in [0.717, 1.165) is 62.6 Å². The van der Waals surface area contributed by atoms with E-state index in [0.29, 0.717) is 6.61 Å². The lowest BCUT2D eigenvalue weighted by atomic mass is 10.2. The van der Waals surface area contributed by atoms with E-state index in [1.807, 2.05) is 23.8 Å². The smallest absolute Gasteiger partial charge is 0.150 e. The molecule has 0 bridgehead atoms. The summed E-state index contributed by atoms with van der Waals surface area (Å²) in [5, 5.41) is 3.13. The number of hydrogen-bond acceptors (Lipinski definition) is 8. The van der Waals surface area contributed by atoms with Gasteiger partial charge in [-0.1, -0.05) is 0 Å². The summed E-state index contributed by atoms with van der Waals surface area (Å²) in [7, 11) is 0. The Morgan fingerprint density at radius 2 is 1.96 bits per heavy atom. The Hall–Kier alpha value is -1.61. The van der Waals surface area contributed by atoms with Crippen LogP contribution in [-0.4, -0.2) is 65.9 Å². The quantitative estimate of drug-likeness (QED) is 0.827. The Morgan fingerprint density at radius 3 is 2.79 bits per heavy atom. The summed E-state index contributed by atoms with van der Waals surface area (Å²) in [6, 6.07) is 2.05. The molecule has 0 unspecified atom stereocenters. The molecule has 0 radical (unpaired) electrons. The van der Waals surface area contributed by atoms with Crippen LogP contribution < -0.4 is 4.90 Å². The third-order valence-electron chi connectivity index (χ3n) is 4.35. The van der Waals surface area contributed by atoms with Gasteiger partial charge in [-0.25, -0.2) is 15.0 Å². The fourth-order valence-electron chi connectivity index (χ4n) is 3.06. The van der Waals surface area contributed by atoms with Gasteiger partial charge in [0.05, 0.1) is 39.0 Å². The van der Waals surface area contributed by atoms with Crippen molar-refractivity contribution < 1.29 is 9.47 Å². The standard InChI is InChI=1S/C16H21N5O2S/c1-2-18-16(19-14(1)20-4-7-22-8-5-20)13-12-23-9-6-21(13)11-15-17-3-10-24-15/h1-3,10,13H,4-9,11-12H2/t13-/m1/s1. The van der Waals surface area contributed by atoms with Crippen molar-refractivity contribution in [1.29, 1.82) is 0 Å². The predicted octanol–water partition coefficient (Wildman–Crippen LogP) is 1.34. The Bertz CT molecular complexity index is 648. The molecule has 0 aliphatic carbocycles. The molecule has 128 valence electrons. The maximum atomic E-state index is 5.70. The third kappa shape index (κ3) is 3.56. The number of hydrogen-bond donors (Lipinski definition) is 0. The maximum absolute atomic E-state index is 5.70. The van der Waals surface area contributed by atoms with Gasteiger partial charge in [0.1, 0.15) is 16.6 Å². The molecule has 0 saturated carbocycles. The second-order valence-electron chi connectivity index (χ2n) is 5.86. The van der Waals surface area contributed by atoms with Crippen molar-refractivity contribution >= 4 is 17.2 Å². The highest BCUT2D eigenvalue weighted by molar-refractivity contribution is 7.09. The first-order valence-electron chi connectivity index (χ1n) is 8.26. The van der Waals surface area contributed by atoms with E-state index in [4.69, 9.17) is 14.5 Å². The van der Waals surface area contributed by atoms with Gasteiger partial charge in [-0.2, -0.15) is 0 Å². The van der Waals surface area contributed by atoms with Crippen LogP contribution >= 0.6 is 11.3 Å².